The number of amides is 2. The lowest BCUT2D eigenvalue weighted by Crippen LogP contribution is -2.53. The Morgan fingerprint density at radius 1 is 1.37 bits per heavy atom. The number of likely N-dealkylation sites (tertiary alicyclic amines) is 1. The highest BCUT2D eigenvalue weighted by molar-refractivity contribution is 5.74. The number of carbonyl (C=O) groups is 1. The fraction of sp³-hybridized carbons (Fsp3) is 0.929. The Morgan fingerprint density at radius 3 is 2.42 bits per heavy atom. The van der Waals surface area contributed by atoms with Crippen molar-refractivity contribution in [1.82, 2.24) is 15.5 Å². The molecule has 0 aromatic rings. The molecule has 1 fully saturated rings. The van der Waals surface area contributed by atoms with E-state index >= 15 is 0 Å². The molecule has 0 aromatic heterocycles. The van der Waals surface area contributed by atoms with Gasteiger partial charge in [-0.05, 0) is 47.0 Å². The van der Waals surface area contributed by atoms with E-state index in [0.717, 1.165) is 25.9 Å². The van der Waals surface area contributed by atoms with Gasteiger partial charge >= 0.3 is 6.03 Å². The van der Waals surface area contributed by atoms with Crippen molar-refractivity contribution in [2.75, 3.05) is 19.7 Å². The van der Waals surface area contributed by atoms with Crippen LogP contribution in [0.5, 0.6) is 0 Å². The summed E-state index contributed by atoms with van der Waals surface area (Å²) >= 11 is 0. The molecule has 0 unspecified atom stereocenters. The van der Waals surface area contributed by atoms with Crippen LogP contribution in [0.4, 0.5) is 4.79 Å². The van der Waals surface area contributed by atoms with E-state index in [1.165, 1.54) is 0 Å². The number of nitrogens with one attached hydrogen (secondary N) is 2. The number of aliphatic hydroxyl groups is 1. The van der Waals surface area contributed by atoms with Crippen molar-refractivity contribution in [3.63, 3.8) is 0 Å². The van der Waals surface area contributed by atoms with Crippen molar-refractivity contribution in [3.05, 3.63) is 0 Å². The van der Waals surface area contributed by atoms with Gasteiger partial charge in [0, 0.05) is 37.3 Å². The van der Waals surface area contributed by atoms with E-state index in [0.29, 0.717) is 6.42 Å². The lowest BCUT2D eigenvalue weighted by atomic mass is 9.98. The molecule has 1 aliphatic rings. The van der Waals surface area contributed by atoms with Crippen LogP contribution in [0.1, 0.15) is 47.0 Å². The predicted octanol–water partition coefficient (Wildman–Crippen LogP) is 1.32. The second kappa shape index (κ2) is 7.10. The Morgan fingerprint density at radius 2 is 1.95 bits per heavy atom. The molecule has 5 heteroatoms. The number of hydrogen-bond donors (Lipinski definition) is 3. The van der Waals surface area contributed by atoms with Gasteiger partial charge in [-0.25, -0.2) is 4.79 Å². The standard InChI is InChI=1S/C14H29N3O2/c1-11(7-10-18)15-13(19)16-12-5-8-17(9-6-12)14(2,3)4/h11-12,18H,5-10H2,1-4H3,(H2,15,16,19)/t11-/m1/s1. The van der Waals surface area contributed by atoms with E-state index in [2.05, 4.69) is 36.3 Å². The van der Waals surface area contributed by atoms with Gasteiger partial charge in [0.05, 0.1) is 0 Å². The zero-order valence-corrected chi connectivity index (χ0v) is 12.7. The smallest absolute Gasteiger partial charge is 0.315 e. The maximum atomic E-state index is 11.8. The van der Waals surface area contributed by atoms with E-state index in [4.69, 9.17) is 5.11 Å². The van der Waals surface area contributed by atoms with Crippen LogP contribution in [0.25, 0.3) is 0 Å². The summed E-state index contributed by atoms with van der Waals surface area (Å²) in [5.41, 5.74) is 0.211. The van der Waals surface area contributed by atoms with Gasteiger partial charge in [-0.2, -0.15) is 0 Å². The molecule has 1 aliphatic heterocycles. The van der Waals surface area contributed by atoms with Gasteiger partial charge in [0.1, 0.15) is 0 Å². The van der Waals surface area contributed by atoms with Crippen molar-refractivity contribution in [1.29, 1.82) is 0 Å². The minimum atomic E-state index is -0.116. The molecule has 19 heavy (non-hydrogen) atoms. The van der Waals surface area contributed by atoms with Crippen molar-refractivity contribution in [3.8, 4) is 0 Å². The molecule has 1 saturated heterocycles. The number of nitrogens with zero attached hydrogens (tertiary/aromatic N) is 1. The predicted molar refractivity (Wildman–Crippen MR) is 77.2 cm³/mol. The molecule has 1 heterocycles. The van der Waals surface area contributed by atoms with E-state index < -0.39 is 0 Å². The Balaban J connectivity index is 2.27. The molecule has 3 N–H and O–H groups in total. The van der Waals surface area contributed by atoms with Crippen LogP contribution in [-0.2, 0) is 0 Å². The average Bonchev–Trinajstić information content (AvgIpc) is 2.28. The number of rotatable bonds is 4. The minimum absolute atomic E-state index is 0.0136. The zero-order chi connectivity index (χ0) is 14.5. The maximum Gasteiger partial charge on any atom is 0.315 e. The molecule has 0 aromatic carbocycles. The van der Waals surface area contributed by atoms with Crippen molar-refractivity contribution in [2.45, 2.75) is 64.6 Å². The number of piperidine rings is 1. The second-order valence-corrected chi connectivity index (χ2v) is 6.46. The average molecular weight is 271 g/mol. The number of aliphatic hydroxyl groups excluding tert-OH is 1. The third-order valence-electron chi connectivity index (χ3n) is 3.72. The number of carbonyl (C=O) groups excluding carboxylic acids is 1. The Bertz CT molecular complexity index is 281. The summed E-state index contributed by atoms with van der Waals surface area (Å²) < 4.78 is 0. The first-order chi connectivity index (χ1) is 8.82. The summed E-state index contributed by atoms with van der Waals surface area (Å²) in [6, 6.07) is 0.162. The van der Waals surface area contributed by atoms with Gasteiger partial charge in [-0.15, -0.1) is 0 Å². The summed E-state index contributed by atoms with van der Waals surface area (Å²) in [5.74, 6) is 0. The van der Waals surface area contributed by atoms with Gasteiger partial charge < -0.3 is 15.7 Å². The highest BCUT2D eigenvalue weighted by Gasteiger charge is 2.27. The molecular weight excluding hydrogens is 242 g/mol. The Labute approximate surface area is 116 Å². The summed E-state index contributed by atoms with van der Waals surface area (Å²) in [4.78, 5) is 14.2. The van der Waals surface area contributed by atoms with E-state index in [1.807, 2.05) is 6.92 Å². The highest BCUT2D eigenvalue weighted by atomic mass is 16.3. The lowest BCUT2D eigenvalue weighted by Gasteiger charge is -2.41. The third-order valence-corrected chi connectivity index (χ3v) is 3.72. The molecule has 0 bridgehead atoms. The molecule has 0 radical (unpaired) electrons. The van der Waals surface area contributed by atoms with E-state index in [9.17, 15) is 4.79 Å². The van der Waals surface area contributed by atoms with Gasteiger partial charge in [-0.1, -0.05) is 0 Å². The molecule has 5 nitrogen and oxygen atoms in total. The SMILES string of the molecule is C[C@H](CCO)NC(=O)NC1CCN(C(C)(C)C)CC1. The summed E-state index contributed by atoms with van der Waals surface area (Å²) in [6.45, 7) is 10.7. The van der Waals surface area contributed by atoms with Crippen LogP contribution >= 0.6 is 0 Å². The molecule has 0 spiro atoms. The summed E-state index contributed by atoms with van der Waals surface area (Å²) in [7, 11) is 0. The maximum absolute atomic E-state index is 11.8. The van der Waals surface area contributed by atoms with Gasteiger partial charge in [-0.3, -0.25) is 4.90 Å². The molecule has 0 aliphatic carbocycles. The Hall–Kier alpha value is -0.810. The molecule has 2 amide bonds. The first-order valence-electron chi connectivity index (χ1n) is 7.26. The largest absolute Gasteiger partial charge is 0.396 e. The van der Waals surface area contributed by atoms with Crippen molar-refractivity contribution < 1.29 is 9.90 Å². The molecule has 112 valence electrons. The molecular formula is C14H29N3O2. The van der Waals surface area contributed by atoms with Gasteiger partial charge in [0.15, 0.2) is 0 Å². The first kappa shape index (κ1) is 16.2. The van der Waals surface area contributed by atoms with E-state index in [-0.39, 0.29) is 30.3 Å². The number of urea groups is 1. The van der Waals surface area contributed by atoms with Crippen molar-refractivity contribution >= 4 is 6.03 Å². The Kier molecular flexibility index (Phi) is 6.07. The van der Waals surface area contributed by atoms with Crippen LogP contribution in [0.3, 0.4) is 0 Å². The summed E-state index contributed by atoms with van der Waals surface area (Å²) in [5, 5.41) is 14.7. The third kappa shape index (κ3) is 5.78. The first-order valence-corrected chi connectivity index (χ1v) is 7.26. The van der Waals surface area contributed by atoms with Crippen LogP contribution in [0, 0.1) is 0 Å². The fourth-order valence-electron chi connectivity index (χ4n) is 2.41. The number of hydrogen-bond acceptors (Lipinski definition) is 3. The van der Waals surface area contributed by atoms with Crippen LogP contribution in [-0.4, -0.2) is 53.4 Å². The van der Waals surface area contributed by atoms with E-state index in [1.54, 1.807) is 0 Å². The van der Waals surface area contributed by atoms with Crippen LogP contribution < -0.4 is 10.6 Å². The zero-order valence-electron chi connectivity index (χ0n) is 12.7. The highest BCUT2D eigenvalue weighted by Crippen LogP contribution is 2.19. The molecule has 1 atom stereocenters. The fourth-order valence-corrected chi connectivity index (χ4v) is 2.41. The topological polar surface area (TPSA) is 64.6 Å². The van der Waals surface area contributed by atoms with Gasteiger partial charge in [0.25, 0.3) is 0 Å². The molecule has 0 saturated carbocycles. The quantitative estimate of drug-likeness (QED) is 0.722. The van der Waals surface area contributed by atoms with Gasteiger partial charge in [0.2, 0.25) is 0 Å². The van der Waals surface area contributed by atoms with Crippen molar-refractivity contribution in [2.24, 2.45) is 0 Å². The summed E-state index contributed by atoms with van der Waals surface area (Å²) in [6.07, 6.45) is 2.59. The monoisotopic (exact) mass is 271 g/mol. The minimum Gasteiger partial charge on any atom is -0.396 e. The van der Waals surface area contributed by atoms with Crippen LogP contribution in [0.2, 0.25) is 0 Å². The lowest BCUT2D eigenvalue weighted by molar-refractivity contribution is 0.0977. The normalized spacial score (nSPS) is 20.1. The van der Waals surface area contributed by atoms with Crippen LogP contribution in [0.15, 0.2) is 0 Å². The molecule has 1 rings (SSSR count). The second-order valence-electron chi connectivity index (χ2n) is 6.46.